The predicted molar refractivity (Wildman–Crippen MR) is 246 cm³/mol. The standard InChI is InChI=1S/C55H60O10/c1-40-48(57-33-41-21-9-3-10-22-41)50(59-35-43-25-13-5-14-26-43)53(62-38-46-31-19-8-20-32-46)55(64-40)63-39-47-49(58-34-42-23-11-4-12-24-42)51(60-36-44-27-15-6-16-28-44)52(54(56-2)65-47)61-37-45-29-17-7-18-30-45/h3-32,40,47-55H,33-39H2,1-2H3/t40-,47-,48-,49-,50+,51+,52-,53-,54-,55+/m1/s1. The Hall–Kier alpha value is -5.08. The Labute approximate surface area is 383 Å². The Morgan fingerprint density at radius 2 is 0.615 bits per heavy atom. The monoisotopic (exact) mass is 880 g/mol. The van der Waals surface area contributed by atoms with Gasteiger partial charge in [-0.2, -0.15) is 0 Å². The maximum absolute atomic E-state index is 6.90. The molecule has 340 valence electrons. The van der Waals surface area contributed by atoms with Crippen molar-refractivity contribution >= 4 is 0 Å². The summed E-state index contributed by atoms with van der Waals surface area (Å²) >= 11 is 0. The van der Waals surface area contributed by atoms with Crippen LogP contribution in [0.15, 0.2) is 182 Å². The highest BCUT2D eigenvalue weighted by Crippen LogP contribution is 2.34. The molecule has 2 saturated heterocycles. The first-order chi connectivity index (χ1) is 32.1. The largest absolute Gasteiger partial charge is 0.368 e. The van der Waals surface area contributed by atoms with Gasteiger partial charge in [0.05, 0.1) is 52.4 Å². The molecule has 0 saturated carbocycles. The third-order valence-corrected chi connectivity index (χ3v) is 11.7. The van der Waals surface area contributed by atoms with E-state index in [0.717, 1.165) is 33.4 Å². The second kappa shape index (κ2) is 24.4. The van der Waals surface area contributed by atoms with E-state index < -0.39 is 61.4 Å². The maximum Gasteiger partial charge on any atom is 0.186 e. The van der Waals surface area contributed by atoms with Crippen molar-refractivity contribution in [2.75, 3.05) is 13.7 Å². The summed E-state index contributed by atoms with van der Waals surface area (Å²) in [5.41, 5.74) is 6.09. The molecule has 10 atom stereocenters. The fraction of sp³-hybridized carbons (Fsp3) is 0.345. The van der Waals surface area contributed by atoms with Crippen LogP contribution in [0, 0.1) is 0 Å². The molecule has 0 N–H and O–H groups in total. The van der Waals surface area contributed by atoms with Crippen molar-refractivity contribution in [3.8, 4) is 0 Å². The Morgan fingerprint density at radius 3 is 0.969 bits per heavy atom. The van der Waals surface area contributed by atoms with Crippen molar-refractivity contribution in [1.82, 2.24) is 0 Å². The van der Waals surface area contributed by atoms with Crippen molar-refractivity contribution in [2.45, 2.75) is 108 Å². The normalized spacial score (nSPS) is 25.6. The van der Waals surface area contributed by atoms with Crippen LogP contribution in [0.1, 0.15) is 40.3 Å². The van der Waals surface area contributed by atoms with Crippen molar-refractivity contribution < 1.29 is 47.4 Å². The van der Waals surface area contributed by atoms with Gasteiger partial charge in [-0.3, -0.25) is 0 Å². The smallest absolute Gasteiger partial charge is 0.186 e. The van der Waals surface area contributed by atoms with Gasteiger partial charge in [-0.25, -0.2) is 0 Å². The number of hydrogen-bond acceptors (Lipinski definition) is 10. The zero-order valence-electron chi connectivity index (χ0n) is 37.1. The van der Waals surface area contributed by atoms with Crippen LogP contribution in [0.4, 0.5) is 0 Å². The van der Waals surface area contributed by atoms with Crippen LogP contribution in [0.3, 0.4) is 0 Å². The molecule has 0 aromatic heterocycles. The molecule has 10 heteroatoms. The van der Waals surface area contributed by atoms with E-state index in [4.69, 9.17) is 47.4 Å². The van der Waals surface area contributed by atoms with E-state index in [1.165, 1.54) is 0 Å². The third kappa shape index (κ3) is 13.3. The Kier molecular flexibility index (Phi) is 17.5. The topological polar surface area (TPSA) is 92.3 Å². The average molecular weight is 881 g/mol. The van der Waals surface area contributed by atoms with E-state index in [1.54, 1.807) is 7.11 Å². The molecule has 65 heavy (non-hydrogen) atoms. The van der Waals surface area contributed by atoms with Gasteiger partial charge < -0.3 is 47.4 Å². The molecule has 2 heterocycles. The summed E-state index contributed by atoms with van der Waals surface area (Å²) in [7, 11) is 1.62. The summed E-state index contributed by atoms with van der Waals surface area (Å²) < 4.78 is 67.4. The molecule has 0 unspecified atom stereocenters. The lowest BCUT2D eigenvalue weighted by molar-refractivity contribution is -0.347. The van der Waals surface area contributed by atoms with Gasteiger partial charge in [0, 0.05) is 7.11 Å². The van der Waals surface area contributed by atoms with E-state index in [-0.39, 0.29) is 6.61 Å². The Balaban J connectivity index is 1.09. The first kappa shape index (κ1) is 46.4. The van der Waals surface area contributed by atoms with E-state index >= 15 is 0 Å². The molecular weight excluding hydrogens is 821 g/mol. The van der Waals surface area contributed by atoms with Gasteiger partial charge in [0.2, 0.25) is 0 Å². The fourth-order valence-electron chi connectivity index (χ4n) is 8.26. The molecule has 10 nitrogen and oxygen atoms in total. The van der Waals surface area contributed by atoms with Gasteiger partial charge in [0.15, 0.2) is 12.6 Å². The Bertz CT molecular complexity index is 2200. The summed E-state index contributed by atoms with van der Waals surface area (Å²) in [6.07, 6.45) is -6.59. The predicted octanol–water partition coefficient (Wildman–Crippen LogP) is 9.63. The SMILES string of the molecule is CO[C@@H]1O[C@H](CO[C@H]2O[C@H](C)[C@@H](OCc3ccccc3)[C@H](OCc3ccccc3)[C@H]2OCc2ccccc2)[C@@H](OCc2ccccc2)[C@H](OCc2ccccc2)[C@H]1OCc1ccccc1. The van der Waals surface area contributed by atoms with Gasteiger partial charge in [-0.1, -0.05) is 182 Å². The molecule has 2 fully saturated rings. The van der Waals surface area contributed by atoms with Crippen molar-refractivity contribution in [3.05, 3.63) is 215 Å². The molecule has 0 aliphatic carbocycles. The summed E-state index contributed by atoms with van der Waals surface area (Å²) in [5, 5.41) is 0. The zero-order valence-corrected chi connectivity index (χ0v) is 37.1. The summed E-state index contributed by atoms with van der Waals surface area (Å²) in [5.74, 6) is 0. The summed E-state index contributed by atoms with van der Waals surface area (Å²) in [4.78, 5) is 0. The number of ether oxygens (including phenoxy) is 10. The third-order valence-electron chi connectivity index (χ3n) is 11.7. The van der Waals surface area contributed by atoms with Gasteiger partial charge in [-0.15, -0.1) is 0 Å². The maximum atomic E-state index is 6.90. The van der Waals surface area contributed by atoms with Crippen molar-refractivity contribution in [1.29, 1.82) is 0 Å². The Morgan fingerprint density at radius 1 is 0.323 bits per heavy atom. The van der Waals surface area contributed by atoms with Crippen LogP contribution in [0.2, 0.25) is 0 Å². The van der Waals surface area contributed by atoms with Gasteiger partial charge in [0.25, 0.3) is 0 Å². The summed E-state index contributed by atoms with van der Waals surface area (Å²) in [6, 6.07) is 60.4. The molecule has 6 aromatic rings. The van der Waals surface area contributed by atoms with E-state index in [1.807, 2.05) is 189 Å². The number of rotatable bonds is 22. The van der Waals surface area contributed by atoms with Gasteiger partial charge in [0.1, 0.15) is 42.7 Å². The quantitative estimate of drug-likeness (QED) is 0.0657. The van der Waals surface area contributed by atoms with E-state index in [0.29, 0.717) is 39.6 Å². The number of methoxy groups -OCH3 is 1. The molecule has 2 aliphatic rings. The van der Waals surface area contributed by atoms with Crippen LogP contribution in [0.25, 0.3) is 0 Å². The molecule has 2 aliphatic heterocycles. The van der Waals surface area contributed by atoms with E-state index in [2.05, 4.69) is 0 Å². The molecule has 8 rings (SSSR count). The molecule has 0 spiro atoms. The average Bonchev–Trinajstić information content (AvgIpc) is 3.36. The fourth-order valence-corrected chi connectivity index (χ4v) is 8.26. The lowest BCUT2D eigenvalue weighted by atomic mass is 9.97. The second-order valence-corrected chi connectivity index (χ2v) is 16.4. The van der Waals surface area contributed by atoms with Crippen LogP contribution < -0.4 is 0 Å². The highest BCUT2D eigenvalue weighted by atomic mass is 16.7. The summed E-state index contributed by atoms with van der Waals surface area (Å²) in [6.45, 7) is 3.97. The van der Waals surface area contributed by atoms with Crippen molar-refractivity contribution in [3.63, 3.8) is 0 Å². The minimum atomic E-state index is -0.888. The highest BCUT2D eigenvalue weighted by molar-refractivity contribution is 5.18. The molecular formula is C55H60O10. The lowest BCUT2D eigenvalue weighted by Crippen LogP contribution is -2.63. The lowest BCUT2D eigenvalue weighted by Gasteiger charge is -2.47. The zero-order chi connectivity index (χ0) is 44.5. The van der Waals surface area contributed by atoms with Crippen LogP contribution in [-0.4, -0.2) is 75.1 Å². The number of benzene rings is 6. The first-order valence-corrected chi connectivity index (χ1v) is 22.5. The first-order valence-electron chi connectivity index (χ1n) is 22.5. The van der Waals surface area contributed by atoms with Crippen LogP contribution in [0.5, 0.6) is 0 Å². The highest BCUT2D eigenvalue weighted by Gasteiger charge is 2.51. The van der Waals surface area contributed by atoms with Gasteiger partial charge >= 0.3 is 0 Å². The minimum Gasteiger partial charge on any atom is -0.368 e. The van der Waals surface area contributed by atoms with Crippen LogP contribution >= 0.6 is 0 Å². The molecule has 0 bridgehead atoms. The molecule has 0 radical (unpaired) electrons. The van der Waals surface area contributed by atoms with Gasteiger partial charge in [-0.05, 0) is 40.3 Å². The molecule has 6 aromatic carbocycles. The second-order valence-electron chi connectivity index (χ2n) is 16.4. The van der Waals surface area contributed by atoms with Crippen LogP contribution in [-0.2, 0) is 87.0 Å². The van der Waals surface area contributed by atoms with Crippen molar-refractivity contribution in [2.24, 2.45) is 0 Å². The molecule has 0 amide bonds. The van der Waals surface area contributed by atoms with E-state index in [9.17, 15) is 0 Å². The number of hydrogen-bond donors (Lipinski definition) is 0. The minimum absolute atomic E-state index is 0.0411.